The lowest BCUT2D eigenvalue weighted by Crippen LogP contribution is -2.62. The number of thiol groups is 1. The number of carboxylic acids is 3. The lowest BCUT2D eigenvalue weighted by molar-refractivity contribution is -0.144. The monoisotopic (exact) mass is 1740 g/mol. The minimum Gasteiger partial charge on any atom is -0.481 e. The summed E-state index contributed by atoms with van der Waals surface area (Å²) in [6, 6.07) is -22.4. The molecule has 686 valence electrons. The number of aliphatic hydroxyl groups excluding tert-OH is 2. The fourth-order valence-corrected chi connectivity index (χ4v) is 13.5. The first-order valence-corrected chi connectivity index (χ1v) is 41.8. The Morgan fingerprint density at radius 2 is 0.810 bits per heavy atom. The van der Waals surface area contributed by atoms with Crippen molar-refractivity contribution >= 4 is 125 Å². The molecule has 0 radical (unpaired) electrons. The highest BCUT2D eigenvalue weighted by atomic mass is 32.1. The summed E-state index contributed by atoms with van der Waals surface area (Å²) in [5, 5.41) is 82.0. The average Bonchev–Trinajstić information content (AvgIpc) is 1.74. The number of nitrogens with two attached hydrogens (primary N) is 5. The molecular formula is C76H132N20O24S. The Hall–Kier alpha value is -9.96. The van der Waals surface area contributed by atoms with Crippen molar-refractivity contribution in [3.05, 3.63) is 0 Å². The number of primary amides is 1. The van der Waals surface area contributed by atoms with E-state index in [9.17, 15) is 117 Å². The van der Waals surface area contributed by atoms with Gasteiger partial charge in [0.2, 0.25) is 94.5 Å². The van der Waals surface area contributed by atoms with E-state index in [1.54, 1.807) is 41.5 Å². The van der Waals surface area contributed by atoms with Crippen LogP contribution < -0.4 is 97.8 Å². The standard InChI is InChI=1S/C76H132N20O24S/c1-10-41(8)60(93-66(109)47(24-26-56(101)102)85-63(106)46(21-13-16-30-79)87-70(113)52-22-17-31-95(52)74(117)43(80)37-121)75(118)96-32-18-23-53(96)71(114)86-44(19-11-14-28-77)62(105)82-35-55(100)83-51(36-97)69(112)84-45(20-12-15-29-78)64(107)89-50(34-54(81)99)68(111)94-61(42(9)98)73(116)88-48(25-27-57(103)104)65(108)91-58(39(4)5)72(115)90-49(33-38(2)3)67(110)92-59(40(6)7)76(119)120/h38-53,58-61,97-98,121H,10-37,77-80H2,1-9H3,(H2,81,99)(H,82,105)(H,83,100)(H,84,112)(H,85,106)(H,86,114)(H,87,113)(H,88,116)(H,89,107)(H,90,115)(H,91,108)(H,92,110)(H,93,109)(H,94,111)(H,101,102)(H,103,104)(H,119,120)/t41-,42+,43-,44-,45-,46-,47-,48-,49-,50-,51-,52-,53-,58-,59-,60-,61-/m0/s1. The molecule has 0 aromatic carbocycles. The van der Waals surface area contributed by atoms with Gasteiger partial charge in [-0.2, -0.15) is 12.6 Å². The van der Waals surface area contributed by atoms with Gasteiger partial charge in [0.05, 0.1) is 31.7 Å². The first kappa shape index (κ1) is 107. The first-order chi connectivity index (χ1) is 56.9. The van der Waals surface area contributed by atoms with Gasteiger partial charge in [0.25, 0.3) is 0 Å². The highest BCUT2D eigenvalue weighted by Gasteiger charge is 2.44. The van der Waals surface area contributed by atoms with Gasteiger partial charge in [0.15, 0.2) is 0 Å². The van der Waals surface area contributed by atoms with E-state index in [-0.39, 0.29) is 115 Å². The molecule has 0 aromatic rings. The third kappa shape index (κ3) is 37.1. The van der Waals surface area contributed by atoms with Crippen LogP contribution in [0.1, 0.15) is 191 Å². The van der Waals surface area contributed by atoms with E-state index in [0.29, 0.717) is 25.7 Å². The number of nitrogens with zero attached hydrogens (tertiary/aromatic N) is 2. The number of amides is 16. The minimum absolute atomic E-state index is 0.00891. The van der Waals surface area contributed by atoms with E-state index in [1.165, 1.54) is 23.6 Å². The van der Waals surface area contributed by atoms with Crippen LogP contribution >= 0.6 is 12.6 Å². The highest BCUT2D eigenvalue weighted by Crippen LogP contribution is 2.24. The Labute approximate surface area is 709 Å². The molecule has 0 unspecified atom stereocenters. The Bertz CT molecular complexity index is 3520. The molecule has 2 aliphatic heterocycles. The number of aliphatic carboxylic acids is 3. The molecule has 16 amide bonds. The van der Waals surface area contributed by atoms with Crippen molar-refractivity contribution in [2.75, 3.05) is 51.6 Å². The van der Waals surface area contributed by atoms with Crippen molar-refractivity contribution in [3.8, 4) is 0 Å². The maximum atomic E-state index is 14.8. The van der Waals surface area contributed by atoms with E-state index in [1.807, 2.05) is 0 Å². The number of hydrogen-bond acceptors (Lipinski definition) is 26. The zero-order valence-corrected chi connectivity index (χ0v) is 71.5. The van der Waals surface area contributed by atoms with E-state index in [4.69, 9.17) is 28.7 Å². The quantitative estimate of drug-likeness (QED) is 0.0199. The van der Waals surface area contributed by atoms with E-state index < -0.39 is 272 Å². The van der Waals surface area contributed by atoms with Crippen molar-refractivity contribution in [2.24, 2.45) is 52.3 Å². The number of unbranched alkanes of at least 4 members (excludes halogenated alkanes) is 3. The summed E-state index contributed by atoms with van der Waals surface area (Å²) in [5.41, 5.74) is 28.7. The van der Waals surface area contributed by atoms with Crippen LogP contribution in [0.5, 0.6) is 0 Å². The number of likely N-dealkylation sites (tertiary alicyclic amines) is 2. The number of carbonyl (C=O) groups excluding carboxylic acids is 16. The molecule has 0 bridgehead atoms. The minimum atomic E-state index is -2.06. The number of nitrogens with one attached hydrogen (secondary N) is 13. The van der Waals surface area contributed by atoms with Gasteiger partial charge in [-0.05, 0) is 153 Å². The second-order valence-corrected chi connectivity index (χ2v) is 31.9. The molecule has 2 fully saturated rings. The van der Waals surface area contributed by atoms with Crippen LogP contribution in [-0.2, 0) is 91.1 Å². The predicted molar refractivity (Wildman–Crippen MR) is 439 cm³/mol. The van der Waals surface area contributed by atoms with Crippen LogP contribution in [-0.4, -0.2) is 296 Å². The maximum absolute atomic E-state index is 14.8. The second kappa shape index (κ2) is 55.1. The fourth-order valence-electron chi connectivity index (χ4n) is 13.3. The molecule has 28 N–H and O–H groups in total. The van der Waals surface area contributed by atoms with Crippen LogP contribution in [0.25, 0.3) is 0 Å². The normalized spacial score (nSPS) is 17.6. The molecular weight excluding hydrogens is 1610 g/mol. The van der Waals surface area contributed by atoms with Gasteiger partial charge in [0.1, 0.15) is 84.6 Å². The van der Waals surface area contributed by atoms with Gasteiger partial charge < -0.3 is 133 Å². The van der Waals surface area contributed by atoms with Gasteiger partial charge in [-0.1, -0.05) is 61.8 Å². The summed E-state index contributed by atoms with van der Waals surface area (Å²) in [4.78, 5) is 261. The Kier molecular flexibility index (Phi) is 48.8. The van der Waals surface area contributed by atoms with Crippen molar-refractivity contribution in [1.82, 2.24) is 78.9 Å². The third-order valence-corrected chi connectivity index (χ3v) is 20.8. The van der Waals surface area contributed by atoms with Crippen LogP contribution in [0.4, 0.5) is 0 Å². The lowest BCUT2D eigenvalue weighted by atomic mass is 9.96. The van der Waals surface area contributed by atoms with Crippen molar-refractivity contribution in [1.29, 1.82) is 0 Å². The molecule has 0 spiro atoms. The molecule has 0 saturated carbocycles. The third-order valence-electron chi connectivity index (χ3n) is 20.4. The Morgan fingerprint density at radius 3 is 1.22 bits per heavy atom. The fraction of sp³-hybridized carbons (Fsp3) is 0.750. The first-order valence-electron chi connectivity index (χ1n) is 41.2. The van der Waals surface area contributed by atoms with E-state index in [0.717, 1.165) is 6.92 Å². The summed E-state index contributed by atoms with van der Waals surface area (Å²) in [5.74, 6) is -22.1. The lowest BCUT2D eigenvalue weighted by Gasteiger charge is -2.33. The summed E-state index contributed by atoms with van der Waals surface area (Å²) >= 11 is 4.11. The summed E-state index contributed by atoms with van der Waals surface area (Å²) < 4.78 is 0. The predicted octanol–water partition coefficient (Wildman–Crippen LogP) is -6.99. The van der Waals surface area contributed by atoms with Gasteiger partial charge in [-0.15, -0.1) is 0 Å². The van der Waals surface area contributed by atoms with Crippen LogP contribution in [0.3, 0.4) is 0 Å². The molecule has 2 heterocycles. The van der Waals surface area contributed by atoms with Crippen molar-refractivity contribution in [3.63, 3.8) is 0 Å². The Morgan fingerprint density at radius 1 is 0.438 bits per heavy atom. The Balaban J connectivity index is 2.37. The number of hydrogen-bond donors (Lipinski definition) is 24. The summed E-state index contributed by atoms with van der Waals surface area (Å²) in [6.45, 7) is 12.6. The molecule has 2 aliphatic rings. The topological polar surface area (TPSA) is 718 Å². The smallest absolute Gasteiger partial charge is 0.326 e. The molecule has 0 aliphatic carbocycles. The maximum Gasteiger partial charge on any atom is 0.326 e. The summed E-state index contributed by atoms with van der Waals surface area (Å²) in [7, 11) is 0. The largest absolute Gasteiger partial charge is 0.481 e. The van der Waals surface area contributed by atoms with Crippen molar-refractivity contribution in [2.45, 2.75) is 287 Å². The number of carboxylic acid groups (broad SMARTS) is 3. The number of aliphatic hydroxyl groups is 2. The average molecular weight is 1740 g/mol. The SMILES string of the molecule is CC[C@H](C)[C@H](NC(=O)[C@H](CCC(=O)O)NC(=O)[C@H](CCCCN)NC(=O)[C@@H]1CCCN1C(=O)[C@@H](N)CS)C(=O)N1CCC[C@H]1C(=O)N[C@@H](CCCCN)C(=O)NCC(=O)N[C@@H](CO)C(=O)N[C@@H](CCCCN)C(=O)N[C@@H](CC(N)=O)C(=O)N[C@H](C(=O)N[C@@H](CCC(=O)O)C(=O)N[C@H](C(=O)N[C@@H](CC(C)C)C(=O)N[C@H](C(=O)O)C(C)C)C(C)C)[C@@H](C)O. The molecule has 44 nitrogen and oxygen atoms in total. The number of rotatable bonds is 58. The zero-order valence-electron chi connectivity index (χ0n) is 70.6. The van der Waals surface area contributed by atoms with Gasteiger partial charge in [-0.25, -0.2) is 4.79 Å². The second-order valence-electron chi connectivity index (χ2n) is 31.5. The van der Waals surface area contributed by atoms with E-state index in [2.05, 4.69) is 81.7 Å². The van der Waals surface area contributed by atoms with E-state index >= 15 is 0 Å². The zero-order chi connectivity index (χ0) is 91.7. The van der Waals surface area contributed by atoms with Crippen LogP contribution in [0.15, 0.2) is 0 Å². The molecule has 2 rings (SSSR count). The molecule has 0 aromatic heterocycles. The van der Waals surface area contributed by atoms with Gasteiger partial charge >= 0.3 is 17.9 Å². The summed E-state index contributed by atoms with van der Waals surface area (Å²) in [6.07, 6.45) is -2.57. The van der Waals surface area contributed by atoms with Crippen LogP contribution in [0.2, 0.25) is 0 Å². The van der Waals surface area contributed by atoms with Crippen LogP contribution in [0, 0.1) is 23.7 Å². The van der Waals surface area contributed by atoms with Gasteiger partial charge in [-0.3, -0.25) is 86.3 Å². The molecule has 45 heteroatoms. The molecule has 121 heavy (non-hydrogen) atoms. The molecule has 17 atom stereocenters. The molecule has 2 saturated heterocycles. The van der Waals surface area contributed by atoms with Crippen molar-refractivity contribution < 1.29 is 117 Å². The highest BCUT2D eigenvalue weighted by molar-refractivity contribution is 7.80. The van der Waals surface area contributed by atoms with Gasteiger partial charge in [0, 0.05) is 31.7 Å². The number of carbonyl (C=O) groups is 19.